The van der Waals surface area contributed by atoms with Crippen LogP contribution in [0.3, 0.4) is 0 Å². The monoisotopic (exact) mass is 475 g/mol. The van der Waals surface area contributed by atoms with Crippen LogP contribution in [-0.4, -0.2) is 30.9 Å². The molecule has 3 amide bonds. The van der Waals surface area contributed by atoms with Gasteiger partial charge in [-0.15, -0.1) is 0 Å². The van der Waals surface area contributed by atoms with Crippen LogP contribution in [0.1, 0.15) is 30.2 Å². The van der Waals surface area contributed by atoms with E-state index in [4.69, 9.17) is 9.15 Å². The number of carbonyl (C=O) groups is 3. The van der Waals surface area contributed by atoms with Crippen LogP contribution in [0.5, 0.6) is 5.75 Å². The molecule has 8 heteroatoms. The lowest BCUT2D eigenvalue weighted by molar-refractivity contribution is -0.126. The zero-order valence-electron chi connectivity index (χ0n) is 19.9. The highest BCUT2D eigenvalue weighted by Gasteiger charge is 2.35. The largest absolute Gasteiger partial charge is 0.484 e. The second-order valence-corrected chi connectivity index (χ2v) is 8.50. The van der Waals surface area contributed by atoms with Gasteiger partial charge in [-0.05, 0) is 60.9 Å². The van der Waals surface area contributed by atoms with Gasteiger partial charge in [-0.1, -0.05) is 25.1 Å². The average molecular weight is 476 g/mol. The highest BCUT2D eigenvalue weighted by atomic mass is 16.5. The Morgan fingerprint density at radius 3 is 2.63 bits per heavy atom. The fourth-order valence-electron chi connectivity index (χ4n) is 4.11. The van der Waals surface area contributed by atoms with Crippen LogP contribution < -0.4 is 20.3 Å². The Morgan fingerprint density at radius 1 is 1.11 bits per heavy atom. The third-order valence-electron chi connectivity index (χ3n) is 6.04. The number of anilines is 2. The second kappa shape index (κ2) is 10.9. The maximum Gasteiger partial charge on any atom is 0.262 e. The molecule has 1 aliphatic heterocycles. The summed E-state index contributed by atoms with van der Waals surface area (Å²) in [5.74, 6) is 0.226. The molecule has 1 aromatic heterocycles. The van der Waals surface area contributed by atoms with E-state index in [1.165, 1.54) is 0 Å². The van der Waals surface area contributed by atoms with Crippen molar-refractivity contribution in [3.8, 4) is 5.75 Å². The number of benzene rings is 2. The molecule has 2 aromatic carbocycles. The van der Waals surface area contributed by atoms with E-state index >= 15 is 0 Å². The van der Waals surface area contributed by atoms with Gasteiger partial charge in [0.1, 0.15) is 11.5 Å². The predicted molar refractivity (Wildman–Crippen MR) is 132 cm³/mol. The summed E-state index contributed by atoms with van der Waals surface area (Å²) in [6.45, 7) is 4.48. The summed E-state index contributed by atoms with van der Waals surface area (Å²) >= 11 is 0. The molecule has 3 aromatic rings. The van der Waals surface area contributed by atoms with Gasteiger partial charge < -0.3 is 24.7 Å². The number of nitrogens with one attached hydrogen (secondary N) is 2. The molecule has 0 spiro atoms. The minimum Gasteiger partial charge on any atom is -0.484 e. The average Bonchev–Trinajstić information content (AvgIpc) is 3.52. The summed E-state index contributed by atoms with van der Waals surface area (Å²) in [4.78, 5) is 39.0. The summed E-state index contributed by atoms with van der Waals surface area (Å²) in [7, 11) is 0. The quantitative estimate of drug-likeness (QED) is 0.490. The van der Waals surface area contributed by atoms with Gasteiger partial charge in [-0.3, -0.25) is 14.4 Å². The number of hydrogen-bond acceptors (Lipinski definition) is 5. The predicted octanol–water partition coefficient (Wildman–Crippen LogP) is 3.84. The molecule has 2 N–H and O–H groups in total. The van der Waals surface area contributed by atoms with Crippen molar-refractivity contribution in [2.45, 2.75) is 33.2 Å². The first kappa shape index (κ1) is 24.1. The van der Waals surface area contributed by atoms with Crippen molar-refractivity contribution in [3.63, 3.8) is 0 Å². The van der Waals surface area contributed by atoms with E-state index in [1.807, 2.05) is 32.0 Å². The van der Waals surface area contributed by atoms with E-state index in [1.54, 1.807) is 47.6 Å². The van der Waals surface area contributed by atoms with E-state index in [-0.39, 0.29) is 30.7 Å². The van der Waals surface area contributed by atoms with Gasteiger partial charge in [-0.25, -0.2) is 0 Å². The first-order chi connectivity index (χ1) is 16.9. The van der Waals surface area contributed by atoms with Crippen LogP contribution >= 0.6 is 0 Å². The van der Waals surface area contributed by atoms with Crippen molar-refractivity contribution >= 4 is 29.1 Å². The molecule has 0 aliphatic carbocycles. The lowest BCUT2D eigenvalue weighted by atomic mass is 10.1. The number of nitrogens with zero attached hydrogens (tertiary/aromatic N) is 1. The molecule has 0 bridgehead atoms. The van der Waals surface area contributed by atoms with Crippen LogP contribution in [0, 0.1) is 12.8 Å². The topological polar surface area (TPSA) is 101 Å². The fraction of sp³-hybridized carbons (Fsp3) is 0.296. The molecule has 1 saturated heterocycles. The van der Waals surface area contributed by atoms with Gasteiger partial charge in [0.2, 0.25) is 11.8 Å². The number of para-hydroxylation sites is 1. The lowest BCUT2D eigenvalue weighted by Crippen LogP contribution is -2.32. The number of amides is 3. The number of carbonyl (C=O) groups excluding carboxylic acids is 3. The summed E-state index contributed by atoms with van der Waals surface area (Å²) < 4.78 is 10.9. The van der Waals surface area contributed by atoms with Crippen LogP contribution in [0.15, 0.2) is 65.3 Å². The Balaban J connectivity index is 1.29. The van der Waals surface area contributed by atoms with E-state index in [0.717, 1.165) is 23.2 Å². The van der Waals surface area contributed by atoms with Crippen LogP contribution in [0.2, 0.25) is 0 Å². The Bertz CT molecular complexity index is 1190. The molecule has 35 heavy (non-hydrogen) atoms. The number of furan rings is 1. The zero-order chi connectivity index (χ0) is 24.8. The van der Waals surface area contributed by atoms with E-state index in [2.05, 4.69) is 10.6 Å². The van der Waals surface area contributed by atoms with E-state index in [0.29, 0.717) is 30.3 Å². The van der Waals surface area contributed by atoms with Gasteiger partial charge >= 0.3 is 0 Å². The third kappa shape index (κ3) is 5.90. The Kier molecular flexibility index (Phi) is 7.50. The minimum absolute atomic E-state index is 0.110. The second-order valence-electron chi connectivity index (χ2n) is 8.50. The maximum absolute atomic E-state index is 12.5. The molecule has 2 heterocycles. The molecule has 182 valence electrons. The van der Waals surface area contributed by atoms with Crippen LogP contribution in [0.4, 0.5) is 11.4 Å². The van der Waals surface area contributed by atoms with Crippen molar-refractivity contribution < 1.29 is 23.5 Å². The van der Waals surface area contributed by atoms with Crippen molar-refractivity contribution in [1.29, 1.82) is 0 Å². The van der Waals surface area contributed by atoms with E-state index < -0.39 is 5.92 Å². The summed E-state index contributed by atoms with van der Waals surface area (Å²) in [5, 5.41) is 5.75. The fourth-order valence-corrected chi connectivity index (χ4v) is 4.11. The molecule has 0 saturated carbocycles. The van der Waals surface area contributed by atoms with Gasteiger partial charge in [0.25, 0.3) is 5.91 Å². The molecule has 8 nitrogen and oxygen atoms in total. The summed E-state index contributed by atoms with van der Waals surface area (Å²) in [5.41, 5.74) is 3.59. The molecule has 4 rings (SSSR count). The van der Waals surface area contributed by atoms with Crippen LogP contribution in [0.25, 0.3) is 0 Å². The van der Waals surface area contributed by atoms with Crippen molar-refractivity contribution in [3.05, 3.63) is 77.7 Å². The SMILES string of the molecule is CCc1cccc(C)c1NC(=O)COc1ccc(N2C[C@@H](C(=O)NCc3ccco3)CC2=O)cc1. The van der Waals surface area contributed by atoms with Gasteiger partial charge in [0, 0.05) is 24.3 Å². The Labute approximate surface area is 204 Å². The smallest absolute Gasteiger partial charge is 0.262 e. The van der Waals surface area contributed by atoms with Crippen molar-refractivity contribution in [2.24, 2.45) is 5.92 Å². The van der Waals surface area contributed by atoms with Crippen LogP contribution in [-0.2, 0) is 27.3 Å². The van der Waals surface area contributed by atoms with Crippen molar-refractivity contribution in [1.82, 2.24) is 5.32 Å². The first-order valence-electron chi connectivity index (χ1n) is 11.7. The standard InChI is InChI=1S/C27H29N3O5/c1-3-19-7-4-6-18(2)26(19)29-24(31)17-35-22-11-9-21(10-12-22)30-16-20(14-25(30)32)27(33)28-15-23-8-5-13-34-23/h4-13,20H,3,14-17H2,1-2H3,(H,28,33)(H,29,31)/t20-/m0/s1. The molecule has 1 aliphatic rings. The van der Waals surface area contributed by atoms with Gasteiger partial charge in [-0.2, -0.15) is 0 Å². The maximum atomic E-state index is 12.5. The highest BCUT2D eigenvalue weighted by Crippen LogP contribution is 2.27. The molecule has 0 radical (unpaired) electrons. The van der Waals surface area contributed by atoms with Crippen molar-refractivity contribution in [2.75, 3.05) is 23.4 Å². The Hall–Kier alpha value is -4.07. The zero-order valence-corrected chi connectivity index (χ0v) is 19.9. The summed E-state index contributed by atoms with van der Waals surface area (Å²) in [6.07, 6.45) is 2.52. The molecular weight excluding hydrogens is 446 g/mol. The third-order valence-corrected chi connectivity index (χ3v) is 6.04. The number of rotatable bonds is 9. The molecule has 1 atom stereocenters. The van der Waals surface area contributed by atoms with E-state index in [9.17, 15) is 14.4 Å². The summed E-state index contributed by atoms with van der Waals surface area (Å²) in [6, 6.07) is 16.4. The lowest BCUT2D eigenvalue weighted by Gasteiger charge is -2.17. The highest BCUT2D eigenvalue weighted by molar-refractivity contribution is 6.00. The van der Waals surface area contributed by atoms with Gasteiger partial charge in [0.15, 0.2) is 6.61 Å². The first-order valence-corrected chi connectivity index (χ1v) is 11.7. The number of aryl methyl sites for hydroxylation is 2. The number of hydrogen-bond donors (Lipinski definition) is 2. The normalized spacial score (nSPS) is 15.2. The van der Waals surface area contributed by atoms with Gasteiger partial charge in [0.05, 0.1) is 18.7 Å². The molecule has 0 unspecified atom stereocenters. The number of ether oxygens (including phenoxy) is 1. The minimum atomic E-state index is -0.425. The molecule has 1 fully saturated rings. The molecular formula is C27H29N3O5. The Morgan fingerprint density at radius 2 is 1.91 bits per heavy atom.